The summed E-state index contributed by atoms with van der Waals surface area (Å²) in [6.07, 6.45) is 2.15. The highest BCUT2D eigenvalue weighted by molar-refractivity contribution is 5.95. The van der Waals surface area contributed by atoms with Gasteiger partial charge >= 0.3 is 0 Å². The molecule has 0 radical (unpaired) electrons. The number of carbonyl (C=O) groups excluding carboxylic acids is 1. The van der Waals surface area contributed by atoms with E-state index >= 15 is 0 Å². The first-order valence-electron chi connectivity index (χ1n) is 6.71. The van der Waals surface area contributed by atoms with E-state index in [1.807, 2.05) is 47.0 Å². The molecule has 4 nitrogen and oxygen atoms in total. The SMILES string of the molecule is Cc1ccc(C)c(N(C)C(=O)Cc2cnn(C)c2C)c1. The van der Waals surface area contributed by atoms with Gasteiger partial charge in [0.15, 0.2) is 0 Å². The summed E-state index contributed by atoms with van der Waals surface area (Å²) >= 11 is 0. The minimum absolute atomic E-state index is 0.0785. The second-order valence-corrected chi connectivity index (χ2v) is 5.30. The number of likely N-dealkylation sites (N-methyl/N-ethyl adjacent to an activating group) is 1. The molecule has 20 heavy (non-hydrogen) atoms. The largest absolute Gasteiger partial charge is 0.315 e. The molecule has 1 aromatic carbocycles. The summed E-state index contributed by atoms with van der Waals surface area (Å²) in [5, 5.41) is 4.18. The molecule has 0 aliphatic heterocycles. The van der Waals surface area contributed by atoms with Crippen molar-refractivity contribution in [3.63, 3.8) is 0 Å². The standard InChI is InChI=1S/C16H21N3O/c1-11-6-7-12(2)15(8-11)18(4)16(20)9-14-10-17-19(5)13(14)3/h6-8,10H,9H2,1-5H3. The van der Waals surface area contributed by atoms with Crippen LogP contribution in [0.15, 0.2) is 24.4 Å². The van der Waals surface area contributed by atoms with Crippen LogP contribution in [0.5, 0.6) is 0 Å². The molecule has 0 saturated carbocycles. The smallest absolute Gasteiger partial charge is 0.231 e. The molecule has 2 aromatic rings. The highest BCUT2D eigenvalue weighted by Crippen LogP contribution is 2.21. The molecule has 0 N–H and O–H groups in total. The lowest BCUT2D eigenvalue weighted by atomic mass is 10.1. The van der Waals surface area contributed by atoms with Gasteiger partial charge in [-0.1, -0.05) is 12.1 Å². The van der Waals surface area contributed by atoms with Crippen LogP contribution < -0.4 is 4.90 Å². The number of benzene rings is 1. The van der Waals surface area contributed by atoms with Crippen LogP contribution in [0.1, 0.15) is 22.4 Å². The predicted octanol–water partition coefficient (Wildman–Crippen LogP) is 2.55. The number of anilines is 1. The second kappa shape index (κ2) is 5.49. The van der Waals surface area contributed by atoms with Gasteiger partial charge < -0.3 is 4.90 Å². The van der Waals surface area contributed by atoms with E-state index in [1.54, 1.807) is 15.8 Å². The Morgan fingerprint density at radius 2 is 2.00 bits per heavy atom. The number of nitrogens with zero attached hydrogens (tertiary/aromatic N) is 3. The number of rotatable bonds is 3. The number of hydrogen-bond acceptors (Lipinski definition) is 2. The van der Waals surface area contributed by atoms with E-state index in [9.17, 15) is 4.79 Å². The number of amides is 1. The minimum atomic E-state index is 0.0785. The van der Waals surface area contributed by atoms with E-state index in [1.165, 1.54) is 0 Å². The van der Waals surface area contributed by atoms with Crippen LogP contribution >= 0.6 is 0 Å². The lowest BCUT2D eigenvalue weighted by Crippen LogP contribution is -2.28. The van der Waals surface area contributed by atoms with E-state index in [-0.39, 0.29) is 5.91 Å². The van der Waals surface area contributed by atoms with Crippen LogP contribution in [-0.2, 0) is 18.3 Å². The third-order valence-corrected chi connectivity index (χ3v) is 3.78. The Morgan fingerprint density at radius 3 is 2.60 bits per heavy atom. The molecule has 0 saturated heterocycles. The van der Waals surface area contributed by atoms with Crippen LogP contribution in [0.3, 0.4) is 0 Å². The Hall–Kier alpha value is -2.10. The minimum Gasteiger partial charge on any atom is -0.315 e. The first-order valence-corrected chi connectivity index (χ1v) is 6.71. The van der Waals surface area contributed by atoms with Gasteiger partial charge in [0, 0.05) is 31.0 Å². The summed E-state index contributed by atoms with van der Waals surface area (Å²) in [5.74, 6) is 0.0785. The summed E-state index contributed by atoms with van der Waals surface area (Å²) in [6, 6.07) is 6.15. The van der Waals surface area contributed by atoms with Crippen molar-refractivity contribution in [2.45, 2.75) is 27.2 Å². The van der Waals surface area contributed by atoms with Gasteiger partial charge in [0.2, 0.25) is 5.91 Å². The van der Waals surface area contributed by atoms with Crippen molar-refractivity contribution in [2.24, 2.45) is 7.05 Å². The quantitative estimate of drug-likeness (QED) is 0.860. The molecule has 0 aliphatic rings. The Bertz CT molecular complexity index is 643. The van der Waals surface area contributed by atoms with E-state index in [2.05, 4.69) is 11.2 Å². The molecule has 0 fully saturated rings. The van der Waals surface area contributed by atoms with Crippen LogP contribution in [-0.4, -0.2) is 22.7 Å². The predicted molar refractivity (Wildman–Crippen MR) is 81.0 cm³/mol. The Labute approximate surface area is 120 Å². The van der Waals surface area contributed by atoms with Gasteiger partial charge in [0.1, 0.15) is 0 Å². The summed E-state index contributed by atoms with van der Waals surface area (Å²) in [7, 11) is 3.72. The zero-order valence-electron chi connectivity index (χ0n) is 12.8. The first kappa shape index (κ1) is 14.3. The van der Waals surface area contributed by atoms with Crippen molar-refractivity contribution >= 4 is 11.6 Å². The van der Waals surface area contributed by atoms with Gasteiger partial charge in [0.25, 0.3) is 0 Å². The molecule has 0 aliphatic carbocycles. The van der Waals surface area contributed by atoms with Crippen molar-refractivity contribution in [1.82, 2.24) is 9.78 Å². The highest BCUT2D eigenvalue weighted by atomic mass is 16.2. The summed E-state index contributed by atoms with van der Waals surface area (Å²) in [5.41, 5.74) is 5.25. The normalized spacial score (nSPS) is 10.7. The zero-order valence-corrected chi connectivity index (χ0v) is 12.8. The maximum absolute atomic E-state index is 12.4. The van der Waals surface area contributed by atoms with Crippen molar-refractivity contribution in [3.8, 4) is 0 Å². The van der Waals surface area contributed by atoms with Crippen LogP contribution in [0, 0.1) is 20.8 Å². The molecule has 0 atom stereocenters. The molecule has 0 spiro atoms. The van der Waals surface area contributed by atoms with Gasteiger partial charge in [-0.05, 0) is 38.0 Å². The van der Waals surface area contributed by atoms with Crippen molar-refractivity contribution in [2.75, 3.05) is 11.9 Å². The summed E-state index contributed by atoms with van der Waals surface area (Å²) in [4.78, 5) is 14.2. The summed E-state index contributed by atoms with van der Waals surface area (Å²) < 4.78 is 1.79. The molecule has 106 valence electrons. The van der Waals surface area contributed by atoms with E-state index in [0.29, 0.717) is 6.42 Å². The Morgan fingerprint density at radius 1 is 1.30 bits per heavy atom. The van der Waals surface area contributed by atoms with E-state index in [4.69, 9.17) is 0 Å². The number of aromatic nitrogens is 2. The van der Waals surface area contributed by atoms with E-state index < -0.39 is 0 Å². The zero-order chi connectivity index (χ0) is 14.9. The van der Waals surface area contributed by atoms with Crippen LogP contribution in [0.2, 0.25) is 0 Å². The average molecular weight is 271 g/mol. The van der Waals surface area contributed by atoms with Crippen molar-refractivity contribution < 1.29 is 4.79 Å². The van der Waals surface area contributed by atoms with Crippen LogP contribution in [0.25, 0.3) is 0 Å². The van der Waals surface area contributed by atoms with Crippen LogP contribution in [0.4, 0.5) is 5.69 Å². The lowest BCUT2D eigenvalue weighted by molar-refractivity contribution is -0.117. The van der Waals surface area contributed by atoms with Gasteiger partial charge in [0.05, 0.1) is 12.6 Å². The lowest BCUT2D eigenvalue weighted by Gasteiger charge is -2.20. The number of carbonyl (C=O) groups is 1. The fourth-order valence-corrected chi connectivity index (χ4v) is 2.21. The molecular formula is C16H21N3O. The molecular weight excluding hydrogens is 250 g/mol. The molecule has 0 bridgehead atoms. The third-order valence-electron chi connectivity index (χ3n) is 3.78. The number of aryl methyl sites for hydroxylation is 3. The van der Waals surface area contributed by atoms with Crippen molar-refractivity contribution in [1.29, 1.82) is 0 Å². The Kier molecular flexibility index (Phi) is 3.93. The molecule has 2 rings (SSSR count). The third kappa shape index (κ3) is 2.74. The maximum atomic E-state index is 12.4. The Balaban J connectivity index is 2.20. The van der Waals surface area contributed by atoms with E-state index in [0.717, 1.165) is 28.1 Å². The van der Waals surface area contributed by atoms with Gasteiger partial charge in [-0.25, -0.2) is 0 Å². The molecule has 1 heterocycles. The fraction of sp³-hybridized carbons (Fsp3) is 0.375. The second-order valence-electron chi connectivity index (χ2n) is 5.30. The van der Waals surface area contributed by atoms with Gasteiger partial charge in [-0.3, -0.25) is 9.48 Å². The van der Waals surface area contributed by atoms with Crippen molar-refractivity contribution in [3.05, 3.63) is 46.8 Å². The highest BCUT2D eigenvalue weighted by Gasteiger charge is 2.16. The average Bonchev–Trinajstić information content (AvgIpc) is 2.72. The van der Waals surface area contributed by atoms with Gasteiger partial charge in [-0.2, -0.15) is 5.10 Å². The number of hydrogen-bond donors (Lipinski definition) is 0. The molecule has 4 heteroatoms. The van der Waals surface area contributed by atoms with Gasteiger partial charge in [-0.15, -0.1) is 0 Å². The molecule has 0 unspecified atom stereocenters. The molecule has 1 amide bonds. The molecule has 1 aromatic heterocycles. The monoisotopic (exact) mass is 271 g/mol. The first-order chi connectivity index (χ1) is 9.40. The fourth-order valence-electron chi connectivity index (χ4n) is 2.21. The topological polar surface area (TPSA) is 38.1 Å². The summed E-state index contributed by atoms with van der Waals surface area (Å²) in [6.45, 7) is 6.04. The maximum Gasteiger partial charge on any atom is 0.231 e.